The van der Waals surface area contributed by atoms with Crippen LogP contribution in [0.5, 0.6) is 0 Å². The van der Waals surface area contributed by atoms with E-state index in [1.54, 1.807) is 0 Å². The minimum absolute atomic E-state index is 0.177. The number of benzene rings is 2. The summed E-state index contributed by atoms with van der Waals surface area (Å²) in [7, 11) is -2.85. The van der Waals surface area contributed by atoms with E-state index in [1.807, 2.05) is 24.3 Å². The number of aryl methyl sites for hydroxylation is 1. The lowest BCUT2D eigenvalue weighted by atomic mass is 10.0. The summed E-state index contributed by atoms with van der Waals surface area (Å²) in [5.74, 6) is -1.24. The summed E-state index contributed by atoms with van der Waals surface area (Å²) >= 11 is 0. The van der Waals surface area contributed by atoms with E-state index in [-0.39, 0.29) is 10.5 Å². The van der Waals surface area contributed by atoms with Crippen molar-refractivity contribution >= 4 is 16.0 Å². The van der Waals surface area contributed by atoms with Crippen LogP contribution in [0.25, 0.3) is 11.3 Å². The molecule has 0 fully saturated rings. The first-order valence-corrected chi connectivity index (χ1v) is 10.3. The minimum Gasteiger partial charge on any atom is -0.465 e. The fraction of sp³-hybridized carbons (Fsp3) is 0.190. The molecule has 3 aromatic rings. The Hall–Kier alpha value is -2.93. The average molecular weight is 399 g/mol. The molecule has 0 N–H and O–H groups in total. The highest BCUT2D eigenvalue weighted by Gasteiger charge is 2.31. The molecule has 2 aromatic carbocycles. The Morgan fingerprint density at radius 3 is 2.64 bits per heavy atom. The zero-order chi connectivity index (χ0) is 19.9. The molecular formula is C21H18FNO4S. The van der Waals surface area contributed by atoms with Gasteiger partial charge in [-0.3, -0.25) is 0 Å². The van der Waals surface area contributed by atoms with Gasteiger partial charge >= 0.3 is 5.97 Å². The molecule has 0 radical (unpaired) electrons. The van der Waals surface area contributed by atoms with E-state index >= 15 is 0 Å². The number of hydrogen-bond acceptors (Lipinski definition) is 4. The molecule has 0 atom stereocenters. The Bertz CT molecular complexity index is 1180. The zero-order valence-corrected chi connectivity index (χ0v) is 16.0. The standard InChI is InChI=1S/C21H18FNO4S/c1-27-21(24)19-13-23(28(25,26)16-9-5-8-15(22)12-16)20-17-10-3-2-6-14(17)7-4-11-18(19)20/h2-3,5-6,8-10,12-13H,4,7,11H2,1H3. The van der Waals surface area contributed by atoms with Gasteiger partial charge in [0.1, 0.15) is 5.82 Å². The fourth-order valence-electron chi connectivity index (χ4n) is 3.70. The third-order valence-corrected chi connectivity index (χ3v) is 6.64. The Morgan fingerprint density at radius 2 is 1.89 bits per heavy atom. The molecule has 28 heavy (non-hydrogen) atoms. The quantitative estimate of drug-likeness (QED) is 0.629. The van der Waals surface area contributed by atoms with E-state index < -0.39 is 21.8 Å². The van der Waals surface area contributed by atoms with Crippen molar-refractivity contribution < 1.29 is 22.3 Å². The van der Waals surface area contributed by atoms with E-state index in [9.17, 15) is 17.6 Å². The highest BCUT2D eigenvalue weighted by atomic mass is 32.2. The van der Waals surface area contributed by atoms with Crippen LogP contribution < -0.4 is 0 Å². The van der Waals surface area contributed by atoms with Crippen LogP contribution in [0.4, 0.5) is 4.39 Å². The number of carbonyl (C=O) groups is 1. The van der Waals surface area contributed by atoms with E-state index in [2.05, 4.69) is 0 Å². The number of methoxy groups -OCH3 is 1. The number of esters is 1. The van der Waals surface area contributed by atoms with Crippen LogP contribution in [0.3, 0.4) is 0 Å². The van der Waals surface area contributed by atoms with E-state index in [4.69, 9.17) is 4.74 Å². The molecule has 1 aliphatic carbocycles. The number of aromatic nitrogens is 1. The molecule has 1 aliphatic rings. The molecule has 1 aromatic heterocycles. The molecule has 0 unspecified atom stereocenters. The van der Waals surface area contributed by atoms with Crippen molar-refractivity contribution in [2.24, 2.45) is 0 Å². The van der Waals surface area contributed by atoms with Gasteiger partial charge < -0.3 is 4.74 Å². The first-order chi connectivity index (χ1) is 13.4. The normalized spacial score (nSPS) is 13.4. The smallest absolute Gasteiger partial charge is 0.339 e. The van der Waals surface area contributed by atoms with Crippen LogP contribution in [-0.4, -0.2) is 25.5 Å². The summed E-state index contributed by atoms with van der Waals surface area (Å²) in [6.45, 7) is 0. The Labute approximate surface area is 162 Å². The highest BCUT2D eigenvalue weighted by molar-refractivity contribution is 7.90. The largest absolute Gasteiger partial charge is 0.465 e. The second-order valence-corrected chi connectivity index (χ2v) is 8.45. The van der Waals surface area contributed by atoms with E-state index in [1.165, 1.54) is 31.5 Å². The third-order valence-electron chi connectivity index (χ3n) is 4.98. The second-order valence-electron chi connectivity index (χ2n) is 6.63. The minimum atomic E-state index is -4.11. The van der Waals surface area contributed by atoms with Gasteiger partial charge in [-0.2, -0.15) is 0 Å². The predicted octanol–water partition coefficient (Wildman–Crippen LogP) is 3.81. The van der Waals surface area contributed by atoms with Gasteiger partial charge in [0.2, 0.25) is 0 Å². The van der Waals surface area contributed by atoms with Gasteiger partial charge in [0.05, 0.1) is 23.3 Å². The fourth-order valence-corrected chi connectivity index (χ4v) is 5.13. The van der Waals surface area contributed by atoms with Crippen LogP contribution in [0.2, 0.25) is 0 Å². The van der Waals surface area contributed by atoms with Gasteiger partial charge in [-0.25, -0.2) is 21.6 Å². The number of carbonyl (C=O) groups excluding carboxylic acids is 1. The molecule has 0 bridgehead atoms. The van der Waals surface area contributed by atoms with E-state index in [0.29, 0.717) is 17.7 Å². The van der Waals surface area contributed by atoms with Crippen molar-refractivity contribution in [2.75, 3.05) is 7.11 Å². The van der Waals surface area contributed by atoms with Crippen molar-refractivity contribution in [3.05, 3.63) is 77.2 Å². The maximum absolute atomic E-state index is 13.7. The monoisotopic (exact) mass is 399 g/mol. The Kier molecular flexibility index (Phi) is 4.55. The molecule has 4 rings (SSSR count). The van der Waals surface area contributed by atoms with Crippen molar-refractivity contribution in [1.82, 2.24) is 3.97 Å². The number of nitrogens with zero attached hydrogens (tertiary/aromatic N) is 1. The van der Waals surface area contributed by atoms with Gasteiger partial charge in [0, 0.05) is 11.8 Å². The van der Waals surface area contributed by atoms with Crippen molar-refractivity contribution in [1.29, 1.82) is 0 Å². The predicted molar refractivity (Wildman–Crippen MR) is 102 cm³/mol. The molecule has 0 saturated heterocycles. The Morgan fingerprint density at radius 1 is 1.11 bits per heavy atom. The highest BCUT2D eigenvalue weighted by Crippen LogP contribution is 2.37. The summed E-state index contributed by atoms with van der Waals surface area (Å²) in [5, 5.41) is 0. The molecule has 7 heteroatoms. The summed E-state index contributed by atoms with van der Waals surface area (Å²) < 4.78 is 46.4. The molecule has 0 spiro atoms. The lowest BCUT2D eigenvalue weighted by Gasteiger charge is -2.13. The Balaban J connectivity index is 2.05. The zero-order valence-electron chi connectivity index (χ0n) is 15.2. The van der Waals surface area contributed by atoms with Gasteiger partial charge in [0.25, 0.3) is 10.0 Å². The molecule has 0 aliphatic heterocycles. The maximum Gasteiger partial charge on any atom is 0.339 e. The summed E-state index contributed by atoms with van der Waals surface area (Å²) in [5.41, 5.74) is 3.06. The number of hydrogen-bond donors (Lipinski definition) is 0. The molecule has 0 saturated carbocycles. The van der Waals surface area contributed by atoms with Crippen molar-refractivity contribution in [3.8, 4) is 11.3 Å². The number of rotatable bonds is 3. The van der Waals surface area contributed by atoms with Crippen LogP contribution in [0.15, 0.2) is 59.6 Å². The first-order valence-electron chi connectivity index (χ1n) is 8.85. The maximum atomic E-state index is 13.7. The molecule has 0 amide bonds. The van der Waals surface area contributed by atoms with Crippen molar-refractivity contribution in [2.45, 2.75) is 24.2 Å². The molecule has 144 valence electrons. The molecule has 1 heterocycles. The molecular weight excluding hydrogens is 381 g/mol. The van der Waals surface area contributed by atoms with Crippen molar-refractivity contribution in [3.63, 3.8) is 0 Å². The van der Waals surface area contributed by atoms with Crippen LogP contribution in [0, 0.1) is 5.82 Å². The van der Waals surface area contributed by atoms with Gasteiger partial charge in [-0.05, 0) is 48.6 Å². The topological polar surface area (TPSA) is 65.4 Å². The average Bonchev–Trinajstić information content (AvgIpc) is 2.98. The lowest BCUT2D eigenvalue weighted by molar-refractivity contribution is 0.0599. The summed E-state index contributed by atoms with van der Waals surface area (Å²) in [4.78, 5) is 12.2. The van der Waals surface area contributed by atoms with Gasteiger partial charge in [-0.1, -0.05) is 30.3 Å². The second kappa shape index (κ2) is 6.91. The van der Waals surface area contributed by atoms with Crippen LogP contribution in [-0.2, 0) is 27.6 Å². The number of fused-ring (bicyclic) bond motifs is 3. The van der Waals surface area contributed by atoms with Gasteiger partial charge in [0.15, 0.2) is 0 Å². The van der Waals surface area contributed by atoms with Crippen LogP contribution in [0.1, 0.15) is 27.9 Å². The molecule has 5 nitrogen and oxygen atoms in total. The SMILES string of the molecule is COC(=O)c1cn(S(=O)(=O)c2cccc(F)c2)c2c1CCCc1ccccc1-2. The van der Waals surface area contributed by atoms with Gasteiger partial charge in [-0.15, -0.1) is 0 Å². The lowest BCUT2D eigenvalue weighted by Crippen LogP contribution is -2.14. The first kappa shape index (κ1) is 18.4. The van der Waals surface area contributed by atoms with Crippen LogP contribution >= 0.6 is 0 Å². The number of ether oxygens (including phenoxy) is 1. The summed E-state index contributed by atoms with van der Waals surface area (Å²) in [6.07, 6.45) is 3.38. The third kappa shape index (κ3) is 2.92. The summed E-state index contributed by atoms with van der Waals surface area (Å²) in [6, 6.07) is 12.4. The number of halogens is 1. The van der Waals surface area contributed by atoms with E-state index in [0.717, 1.165) is 34.0 Å².